The Morgan fingerprint density at radius 2 is 1.92 bits per heavy atom. The molecule has 9 heteroatoms. The van der Waals surface area contributed by atoms with E-state index in [1.807, 2.05) is 37.4 Å². The van der Waals surface area contributed by atoms with Gasteiger partial charge in [-0.3, -0.25) is 4.90 Å². The van der Waals surface area contributed by atoms with E-state index in [1.165, 1.54) is 31.0 Å². The van der Waals surface area contributed by atoms with Gasteiger partial charge in [-0.25, -0.2) is 9.67 Å². The molecule has 1 aliphatic heterocycles. The second kappa shape index (κ2) is 11.1. The lowest BCUT2D eigenvalue weighted by Gasteiger charge is -2.16. The predicted octanol–water partition coefficient (Wildman–Crippen LogP) is 5.94. The smallest absolute Gasteiger partial charge is 0.407 e. The molecule has 36 heavy (non-hydrogen) atoms. The molecule has 0 amide bonds. The summed E-state index contributed by atoms with van der Waals surface area (Å²) < 4.78 is 46.7. The van der Waals surface area contributed by atoms with E-state index in [0.717, 1.165) is 36.5 Å². The van der Waals surface area contributed by atoms with Gasteiger partial charge >= 0.3 is 6.18 Å². The summed E-state index contributed by atoms with van der Waals surface area (Å²) in [4.78, 5) is 6.49. The molecule has 0 aliphatic carbocycles. The van der Waals surface area contributed by atoms with Gasteiger partial charge in [0.05, 0.1) is 6.20 Å². The van der Waals surface area contributed by atoms with Gasteiger partial charge < -0.3 is 10.5 Å². The first-order chi connectivity index (χ1) is 17.3. The molecule has 0 radical (unpaired) electrons. The molecule has 0 spiro atoms. The van der Waals surface area contributed by atoms with Crippen molar-refractivity contribution in [2.75, 3.05) is 26.2 Å². The number of hydrogen-bond donors (Lipinski definition) is 1. The van der Waals surface area contributed by atoms with E-state index in [-0.39, 0.29) is 5.56 Å². The fourth-order valence-electron chi connectivity index (χ4n) is 4.27. The maximum atomic E-state index is 13.1. The number of benzene rings is 2. The van der Waals surface area contributed by atoms with Crippen molar-refractivity contribution < 1.29 is 17.9 Å². The summed E-state index contributed by atoms with van der Waals surface area (Å²) >= 11 is 0. The highest BCUT2D eigenvalue weighted by Crippen LogP contribution is 2.35. The van der Waals surface area contributed by atoms with Crippen LogP contribution in [0.3, 0.4) is 0 Å². The number of nitrogens with zero attached hydrogens (tertiary/aromatic N) is 4. The summed E-state index contributed by atoms with van der Waals surface area (Å²) in [5.41, 5.74) is 8.35. The van der Waals surface area contributed by atoms with Crippen molar-refractivity contribution in [3.8, 4) is 16.9 Å². The van der Waals surface area contributed by atoms with Gasteiger partial charge in [0, 0.05) is 18.3 Å². The number of allylic oxidation sites excluding steroid dienone is 1. The van der Waals surface area contributed by atoms with Gasteiger partial charge in [0.1, 0.15) is 18.4 Å². The van der Waals surface area contributed by atoms with Gasteiger partial charge in [0.2, 0.25) is 0 Å². The summed E-state index contributed by atoms with van der Waals surface area (Å²) in [6.45, 7) is 9.47. The van der Waals surface area contributed by atoms with E-state index in [4.69, 9.17) is 10.5 Å². The zero-order valence-electron chi connectivity index (χ0n) is 20.2. The monoisotopic (exact) mass is 497 g/mol. The Bertz CT molecular complexity index is 1210. The number of nitrogens with two attached hydrogens (primary N) is 1. The Kier molecular flexibility index (Phi) is 7.91. The summed E-state index contributed by atoms with van der Waals surface area (Å²) in [5.74, 6) is 1.24. The molecular formula is C27H30F3N5O. The molecule has 2 N–H and O–H groups in total. The maximum absolute atomic E-state index is 13.1. The lowest BCUT2D eigenvalue weighted by atomic mass is 10.0. The van der Waals surface area contributed by atoms with Crippen LogP contribution in [0, 0.1) is 0 Å². The molecule has 1 saturated heterocycles. The normalized spacial score (nSPS) is 15.8. The quantitative estimate of drug-likeness (QED) is 0.372. The van der Waals surface area contributed by atoms with Crippen LogP contribution in [-0.2, 0) is 0 Å². The van der Waals surface area contributed by atoms with E-state index in [2.05, 4.69) is 21.7 Å². The minimum absolute atomic E-state index is 0.0303. The number of likely N-dealkylation sites (tertiary alicyclic amines) is 1. The Hall–Kier alpha value is -3.43. The van der Waals surface area contributed by atoms with Crippen molar-refractivity contribution >= 4 is 24.3 Å². The molecule has 6 nitrogen and oxygen atoms in total. The molecule has 1 unspecified atom stereocenters. The third-order valence-corrected chi connectivity index (χ3v) is 6.33. The fourth-order valence-corrected chi connectivity index (χ4v) is 4.27. The van der Waals surface area contributed by atoms with E-state index in [0.29, 0.717) is 23.6 Å². The van der Waals surface area contributed by atoms with Crippen LogP contribution in [0.25, 0.3) is 22.9 Å². The van der Waals surface area contributed by atoms with E-state index in [1.54, 1.807) is 16.9 Å². The third-order valence-electron chi connectivity index (χ3n) is 6.33. The van der Waals surface area contributed by atoms with Gasteiger partial charge in [-0.15, -0.1) is 0 Å². The van der Waals surface area contributed by atoms with Crippen LogP contribution in [0.5, 0.6) is 5.75 Å². The average Bonchev–Trinajstić information content (AvgIpc) is 3.53. The topological polar surface area (TPSA) is 68.7 Å². The molecule has 2 heterocycles. The van der Waals surface area contributed by atoms with Gasteiger partial charge in [0.25, 0.3) is 0 Å². The van der Waals surface area contributed by atoms with Gasteiger partial charge in [0.15, 0.2) is 5.82 Å². The van der Waals surface area contributed by atoms with Crippen LogP contribution < -0.4 is 10.5 Å². The Morgan fingerprint density at radius 3 is 2.58 bits per heavy atom. The first-order valence-corrected chi connectivity index (χ1v) is 11.9. The SMILES string of the molecule is C=Nc1c(-c2cccc(C(N)C(F)(F)F)c2)cnn1/C=C(\C)c1ccc(OCCN2CCCC2)cc1. The molecule has 1 aromatic heterocycles. The number of alkyl halides is 3. The number of aliphatic imine (C=N–C) groups is 1. The highest BCUT2D eigenvalue weighted by atomic mass is 19.4. The minimum atomic E-state index is -4.53. The van der Waals surface area contributed by atoms with Gasteiger partial charge in [-0.05, 0) is 80.0 Å². The van der Waals surface area contributed by atoms with Crippen molar-refractivity contribution in [3.05, 3.63) is 65.9 Å². The highest BCUT2D eigenvalue weighted by molar-refractivity contribution is 5.80. The highest BCUT2D eigenvalue weighted by Gasteiger charge is 2.37. The Balaban J connectivity index is 1.49. The predicted molar refractivity (Wildman–Crippen MR) is 137 cm³/mol. The minimum Gasteiger partial charge on any atom is -0.492 e. The summed E-state index contributed by atoms with van der Waals surface area (Å²) in [7, 11) is 0. The second-order valence-corrected chi connectivity index (χ2v) is 8.86. The van der Waals surface area contributed by atoms with Gasteiger partial charge in [-0.2, -0.15) is 18.3 Å². The van der Waals surface area contributed by atoms with Crippen molar-refractivity contribution in [1.82, 2.24) is 14.7 Å². The Labute approximate surface area is 208 Å². The van der Waals surface area contributed by atoms with Crippen molar-refractivity contribution in [3.63, 3.8) is 0 Å². The zero-order chi connectivity index (χ0) is 25.7. The molecule has 1 aliphatic rings. The van der Waals surface area contributed by atoms with Crippen LogP contribution in [0.15, 0.2) is 59.7 Å². The zero-order valence-corrected chi connectivity index (χ0v) is 20.2. The number of rotatable bonds is 9. The first kappa shape index (κ1) is 25.7. The van der Waals surface area contributed by atoms with Crippen molar-refractivity contribution in [2.45, 2.75) is 32.0 Å². The fraction of sp³-hybridized carbons (Fsp3) is 0.333. The number of aromatic nitrogens is 2. The van der Waals surface area contributed by atoms with Gasteiger partial charge in [-0.1, -0.05) is 30.3 Å². The van der Waals surface area contributed by atoms with Crippen LogP contribution in [-0.4, -0.2) is 53.8 Å². The molecule has 1 atom stereocenters. The Morgan fingerprint density at radius 1 is 1.19 bits per heavy atom. The molecule has 1 fully saturated rings. The molecule has 3 aromatic rings. The first-order valence-electron chi connectivity index (χ1n) is 11.9. The molecule has 0 saturated carbocycles. The van der Waals surface area contributed by atoms with Crippen LogP contribution in [0.2, 0.25) is 0 Å². The second-order valence-electron chi connectivity index (χ2n) is 8.86. The van der Waals surface area contributed by atoms with E-state index in [9.17, 15) is 13.2 Å². The number of halogens is 3. The summed E-state index contributed by atoms with van der Waals surface area (Å²) in [5, 5.41) is 4.37. The number of hydrogen-bond acceptors (Lipinski definition) is 5. The molecule has 2 aromatic carbocycles. The van der Waals surface area contributed by atoms with Crippen molar-refractivity contribution in [1.29, 1.82) is 0 Å². The summed E-state index contributed by atoms with van der Waals surface area (Å²) in [6, 6.07) is 11.8. The van der Waals surface area contributed by atoms with E-state index >= 15 is 0 Å². The lowest BCUT2D eigenvalue weighted by molar-refractivity contribution is -0.149. The van der Waals surface area contributed by atoms with E-state index < -0.39 is 12.2 Å². The third kappa shape index (κ3) is 6.03. The molecular weight excluding hydrogens is 467 g/mol. The van der Waals surface area contributed by atoms with Crippen LogP contribution >= 0.6 is 0 Å². The van der Waals surface area contributed by atoms with Crippen molar-refractivity contribution in [2.24, 2.45) is 10.7 Å². The maximum Gasteiger partial charge on any atom is 0.407 e. The average molecular weight is 498 g/mol. The van der Waals surface area contributed by atoms with Crippen LogP contribution in [0.1, 0.15) is 36.9 Å². The largest absolute Gasteiger partial charge is 0.492 e. The molecule has 190 valence electrons. The molecule has 0 bridgehead atoms. The standard InChI is InChI=1S/C27H30F3N5O/c1-19(20-8-10-23(11-9-20)36-15-14-34-12-3-4-13-34)18-35-26(32-2)24(17-33-35)21-6-5-7-22(16-21)25(31)27(28,29)30/h5-11,16-18,25H,2-4,12-15,31H2,1H3/b19-18+. The molecule has 4 rings (SSSR count). The van der Waals surface area contributed by atoms with Crippen LogP contribution in [0.4, 0.5) is 19.0 Å². The lowest BCUT2D eigenvalue weighted by Crippen LogP contribution is -2.28. The number of ether oxygens (including phenoxy) is 1. The summed E-state index contributed by atoms with van der Waals surface area (Å²) in [6.07, 6.45) is 1.36.